The van der Waals surface area contributed by atoms with E-state index in [9.17, 15) is 4.79 Å². The number of aldehydes is 1. The SMILES string of the molecule is COC(C=O)(OC)OC.[InH3]. The van der Waals surface area contributed by atoms with Gasteiger partial charge in [0.15, 0.2) is 0 Å². The molecule has 0 spiro atoms. The molecule has 0 atom stereocenters. The fourth-order valence-electron chi connectivity index (χ4n) is 0.394. The normalized spacial score (nSPS) is 10.3. The quantitative estimate of drug-likeness (QED) is 0.455. The molecule has 0 aromatic carbocycles. The predicted octanol–water partition coefficient (Wildman–Crippen LogP) is -1.41. The van der Waals surface area contributed by atoms with Crippen molar-refractivity contribution in [2.75, 3.05) is 21.3 Å². The molecule has 0 aromatic heterocycles. The van der Waals surface area contributed by atoms with Crippen molar-refractivity contribution in [3.8, 4) is 0 Å². The average Bonchev–Trinajstić information content (AvgIpc) is 1.95. The Kier molecular flexibility index (Phi) is 8.02. The van der Waals surface area contributed by atoms with E-state index in [1.807, 2.05) is 0 Å². The second-order valence-corrected chi connectivity index (χ2v) is 1.33. The molecule has 4 nitrogen and oxygen atoms in total. The third-order valence-electron chi connectivity index (χ3n) is 0.998. The number of hydrogen-bond donors (Lipinski definition) is 0. The van der Waals surface area contributed by atoms with Crippen LogP contribution in [0.15, 0.2) is 0 Å². The topological polar surface area (TPSA) is 44.8 Å². The van der Waals surface area contributed by atoms with Crippen LogP contribution in [0.3, 0.4) is 0 Å². The summed E-state index contributed by atoms with van der Waals surface area (Å²) in [6.45, 7) is 0. The van der Waals surface area contributed by atoms with Crippen LogP contribution in [-0.2, 0) is 19.0 Å². The summed E-state index contributed by atoms with van der Waals surface area (Å²) in [5.74, 6) is -1.51. The molecule has 0 saturated carbocycles. The van der Waals surface area contributed by atoms with Crippen LogP contribution < -0.4 is 0 Å². The molecule has 0 amide bonds. The van der Waals surface area contributed by atoms with Gasteiger partial charge in [-0.15, -0.1) is 0 Å². The number of methoxy groups -OCH3 is 3. The van der Waals surface area contributed by atoms with Crippen LogP contribution in [0.25, 0.3) is 0 Å². The summed E-state index contributed by atoms with van der Waals surface area (Å²) in [6.07, 6.45) is 0.437. The molecule has 0 aromatic rings. The van der Waals surface area contributed by atoms with Gasteiger partial charge >= 0.3 is 31.8 Å². The van der Waals surface area contributed by atoms with Gasteiger partial charge < -0.3 is 14.2 Å². The predicted molar refractivity (Wildman–Crippen MR) is 39.8 cm³/mol. The van der Waals surface area contributed by atoms with Gasteiger partial charge in [0.05, 0.1) is 0 Å². The van der Waals surface area contributed by atoms with E-state index in [0.29, 0.717) is 6.29 Å². The summed E-state index contributed by atoms with van der Waals surface area (Å²) in [5, 5.41) is 0. The zero-order valence-electron chi connectivity index (χ0n) is 5.71. The Hall–Kier alpha value is 0.420. The first-order chi connectivity index (χ1) is 4.24. The fraction of sp³-hybridized carbons (Fsp3) is 0.800. The average molecular weight is 252 g/mol. The van der Waals surface area contributed by atoms with Crippen LogP contribution >= 0.6 is 0 Å². The Morgan fingerprint density at radius 3 is 1.40 bits per heavy atom. The van der Waals surface area contributed by atoms with Crippen LogP contribution in [0, 0.1) is 0 Å². The summed E-state index contributed by atoms with van der Waals surface area (Å²) in [6, 6.07) is 0. The molecule has 0 heterocycles. The molecule has 0 N–H and O–H groups in total. The summed E-state index contributed by atoms with van der Waals surface area (Å²) < 4.78 is 13.7. The first-order valence-corrected chi connectivity index (χ1v) is 2.36. The molecule has 5 heteroatoms. The molecular formula is C5H13InO4. The maximum atomic E-state index is 10.1. The molecule has 0 saturated heterocycles. The maximum absolute atomic E-state index is 10.1. The van der Waals surface area contributed by atoms with E-state index >= 15 is 0 Å². The monoisotopic (exact) mass is 252 g/mol. The van der Waals surface area contributed by atoms with Crippen molar-refractivity contribution >= 4 is 32.1 Å². The van der Waals surface area contributed by atoms with Gasteiger partial charge in [-0.25, -0.2) is 0 Å². The van der Waals surface area contributed by atoms with Crippen molar-refractivity contribution in [1.82, 2.24) is 0 Å². The number of rotatable bonds is 4. The van der Waals surface area contributed by atoms with Crippen molar-refractivity contribution in [3.63, 3.8) is 0 Å². The number of ether oxygens (including phenoxy) is 3. The van der Waals surface area contributed by atoms with E-state index in [4.69, 9.17) is 0 Å². The Bertz CT molecular complexity index is 83.4. The molecule has 0 rings (SSSR count). The molecule has 0 aliphatic carbocycles. The number of carbonyl (C=O) groups excluding carboxylic acids is 1. The van der Waals surface area contributed by atoms with Crippen LogP contribution in [0.2, 0.25) is 0 Å². The first-order valence-electron chi connectivity index (χ1n) is 2.36. The van der Waals surface area contributed by atoms with Crippen molar-refractivity contribution in [2.24, 2.45) is 0 Å². The molecule has 10 heavy (non-hydrogen) atoms. The van der Waals surface area contributed by atoms with E-state index < -0.39 is 5.97 Å². The van der Waals surface area contributed by atoms with Crippen molar-refractivity contribution in [2.45, 2.75) is 5.97 Å². The Balaban J connectivity index is 0. The standard InChI is InChI=1S/C5H10O4.In.3H/c1-7-5(4-6,8-2)9-3;;;;/h4H,1-3H3;;;;. The zero-order chi connectivity index (χ0) is 7.33. The zero-order valence-corrected chi connectivity index (χ0v) is 5.71. The number of hydrogen-bond acceptors (Lipinski definition) is 4. The second kappa shape index (κ2) is 6.15. The van der Waals surface area contributed by atoms with Crippen molar-refractivity contribution in [1.29, 1.82) is 0 Å². The summed E-state index contributed by atoms with van der Waals surface area (Å²) >= 11 is 0. The summed E-state index contributed by atoms with van der Waals surface area (Å²) in [4.78, 5) is 10.1. The molecule has 0 aliphatic heterocycles. The first kappa shape index (κ1) is 13.0. The van der Waals surface area contributed by atoms with Crippen molar-refractivity contribution in [3.05, 3.63) is 0 Å². The van der Waals surface area contributed by atoms with Gasteiger partial charge in [0.1, 0.15) is 0 Å². The fourth-order valence-corrected chi connectivity index (χ4v) is 0.394. The van der Waals surface area contributed by atoms with Crippen LogP contribution in [0.4, 0.5) is 0 Å². The molecule has 60 valence electrons. The van der Waals surface area contributed by atoms with Gasteiger partial charge in [-0.2, -0.15) is 0 Å². The van der Waals surface area contributed by atoms with E-state index in [0.717, 1.165) is 0 Å². The van der Waals surface area contributed by atoms with Crippen LogP contribution in [-0.4, -0.2) is 59.4 Å². The van der Waals surface area contributed by atoms with E-state index in [-0.39, 0.29) is 25.8 Å². The summed E-state index contributed by atoms with van der Waals surface area (Å²) in [5.41, 5.74) is 0. The minimum atomic E-state index is -1.51. The van der Waals surface area contributed by atoms with E-state index in [1.54, 1.807) is 0 Å². The third-order valence-corrected chi connectivity index (χ3v) is 0.998. The molecule has 0 fully saturated rings. The van der Waals surface area contributed by atoms with Gasteiger partial charge in [0.25, 0.3) is 0 Å². The van der Waals surface area contributed by atoms with Gasteiger partial charge in [0.2, 0.25) is 6.29 Å². The van der Waals surface area contributed by atoms with Gasteiger partial charge in [-0.3, -0.25) is 4.79 Å². The Morgan fingerprint density at radius 1 is 1.10 bits per heavy atom. The van der Waals surface area contributed by atoms with Crippen LogP contribution in [0.5, 0.6) is 0 Å². The molecule has 0 unspecified atom stereocenters. The summed E-state index contributed by atoms with van der Waals surface area (Å²) in [7, 11) is 3.96. The van der Waals surface area contributed by atoms with E-state index in [2.05, 4.69) is 14.2 Å². The third kappa shape index (κ3) is 3.01. The Labute approximate surface area is 78.6 Å². The molecule has 0 aliphatic rings. The van der Waals surface area contributed by atoms with E-state index in [1.165, 1.54) is 21.3 Å². The molecule has 0 bridgehead atoms. The minimum absolute atomic E-state index is 0. The van der Waals surface area contributed by atoms with Crippen molar-refractivity contribution < 1.29 is 19.0 Å². The van der Waals surface area contributed by atoms with Gasteiger partial charge in [-0.1, -0.05) is 0 Å². The van der Waals surface area contributed by atoms with Crippen LogP contribution in [0.1, 0.15) is 0 Å². The molecular weight excluding hydrogens is 239 g/mol. The van der Waals surface area contributed by atoms with Gasteiger partial charge in [-0.05, 0) is 0 Å². The van der Waals surface area contributed by atoms with Gasteiger partial charge in [0, 0.05) is 21.3 Å². The molecule has 0 radical (unpaired) electrons. The Morgan fingerprint density at radius 2 is 1.40 bits per heavy atom. The number of carbonyl (C=O) groups is 1. The second-order valence-electron chi connectivity index (χ2n) is 1.33.